The van der Waals surface area contributed by atoms with Crippen LogP contribution in [-0.4, -0.2) is 39.9 Å². The first-order chi connectivity index (χ1) is 7.65. The van der Waals surface area contributed by atoms with Crippen LogP contribution in [0.25, 0.3) is 0 Å². The van der Waals surface area contributed by atoms with Gasteiger partial charge in [0.1, 0.15) is 12.2 Å². The number of amides is 2. The molecule has 16 heavy (non-hydrogen) atoms. The first kappa shape index (κ1) is 11.8. The Kier molecular flexibility index (Phi) is 4.13. The number of ether oxygens (including phenoxy) is 1. The van der Waals surface area contributed by atoms with Crippen LogP contribution in [0.1, 0.15) is 17.4 Å². The van der Waals surface area contributed by atoms with Gasteiger partial charge in [-0.15, -0.1) is 5.10 Å². The Morgan fingerprint density at radius 1 is 1.62 bits per heavy atom. The van der Waals surface area contributed by atoms with E-state index in [1.54, 1.807) is 6.92 Å². The Balaban J connectivity index is 2.45. The first-order valence-electron chi connectivity index (χ1n) is 4.47. The molecule has 0 aliphatic rings. The van der Waals surface area contributed by atoms with Crippen LogP contribution in [0.15, 0.2) is 6.20 Å². The maximum absolute atomic E-state index is 11.2. The fraction of sp³-hybridized carbons (Fsp3) is 0.375. The molecule has 1 aromatic rings. The van der Waals surface area contributed by atoms with Gasteiger partial charge in [0.15, 0.2) is 6.29 Å². The molecule has 0 fully saturated rings. The minimum Gasteiger partial charge on any atom is -0.450 e. The van der Waals surface area contributed by atoms with Crippen molar-refractivity contribution in [2.24, 2.45) is 0 Å². The van der Waals surface area contributed by atoms with E-state index in [4.69, 9.17) is 0 Å². The monoisotopic (exact) mass is 226 g/mol. The Labute approximate surface area is 90.6 Å². The lowest BCUT2D eigenvalue weighted by Gasteiger charge is -2.03. The Hall–Kier alpha value is -2.25. The summed E-state index contributed by atoms with van der Waals surface area (Å²) in [5.74, 6) is -0.596. The van der Waals surface area contributed by atoms with Gasteiger partial charge in [-0.25, -0.2) is 9.48 Å². The molecule has 1 aromatic heterocycles. The Morgan fingerprint density at radius 3 is 2.94 bits per heavy atom. The van der Waals surface area contributed by atoms with Crippen molar-refractivity contribution in [3.63, 3.8) is 0 Å². The number of nitrogens with one attached hydrogen (secondary N) is 1. The van der Waals surface area contributed by atoms with Crippen LogP contribution in [0, 0.1) is 0 Å². The molecule has 0 saturated carbocycles. The lowest BCUT2D eigenvalue weighted by molar-refractivity contribution is -0.121. The van der Waals surface area contributed by atoms with Gasteiger partial charge in [0.25, 0.3) is 5.91 Å². The summed E-state index contributed by atoms with van der Waals surface area (Å²) >= 11 is 0. The zero-order valence-corrected chi connectivity index (χ0v) is 8.54. The van der Waals surface area contributed by atoms with Crippen molar-refractivity contribution in [3.05, 3.63) is 11.9 Å². The van der Waals surface area contributed by atoms with E-state index in [0.717, 1.165) is 4.68 Å². The zero-order valence-electron chi connectivity index (χ0n) is 8.54. The molecule has 0 atom stereocenters. The summed E-state index contributed by atoms with van der Waals surface area (Å²) in [7, 11) is 0. The van der Waals surface area contributed by atoms with Gasteiger partial charge in [0.05, 0.1) is 12.8 Å². The molecule has 86 valence electrons. The highest BCUT2D eigenvalue weighted by Crippen LogP contribution is 1.88. The van der Waals surface area contributed by atoms with Crippen molar-refractivity contribution in [3.8, 4) is 0 Å². The summed E-state index contributed by atoms with van der Waals surface area (Å²) in [6, 6.07) is 0. The normalized spacial score (nSPS) is 9.56. The van der Waals surface area contributed by atoms with Gasteiger partial charge in [-0.05, 0) is 6.92 Å². The summed E-state index contributed by atoms with van der Waals surface area (Å²) in [4.78, 5) is 32.3. The van der Waals surface area contributed by atoms with Gasteiger partial charge in [0.2, 0.25) is 0 Å². The number of alkyl carbamates (subject to hydrolysis) is 1. The number of nitrogens with zero attached hydrogens (tertiary/aromatic N) is 3. The van der Waals surface area contributed by atoms with Crippen molar-refractivity contribution < 1.29 is 19.1 Å². The van der Waals surface area contributed by atoms with E-state index in [1.807, 2.05) is 5.32 Å². The third-order valence-corrected chi connectivity index (χ3v) is 1.50. The lowest BCUT2D eigenvalue weighted by Crippen LogP contribution is -2.33. The molecule has 8 heteroatoms. The highest BCUT2D eigenvalue weighted by molar-refractivity contribution is 5.91. The minimum absolute atomic E-state index is 0.115. The highest BCUT2D eigenvalue weighted by Gasteiger charge is 2.09. The number of carbonyl (C=O) groups excluding carboxylic acids is 3. The molecule has 1 heterocycles. The highest BCUT2D eigenvalue weighted by atomic mass is 16.5. The van der Waals surface area contributed by atoms with Crippen LogP contribution in [0.4, 0.5) is 4.79 Å². The maximum atomic E-state index is 11.2. The van der Waals surface area contributed by atoms with E-state index in [1.165, 1.54) is 6.20 Å². The number of carbonyl (C=O) groups is 3. The fourth-order valence-electron chi connectivity index (χ4n) is 0.912. The van der Waals surface area contributed by atoms with Gasteiger partial charge in [-0.3, -0.25) is 14.9 Å². The van der Waals surface area contributed by atoms with Crippen molar-refractivity contribution in [2.45, 2.75) is 13.5 Å². The fourth-order valence-corrected chi connectivity index (χ4v) is 0.912. The molecular formula is C8H10N4O4. The molecule has 0 aliphatic heterocycles. The molecule has 0 unspecified atom stereocenters. The topological polar surface area (TPSA) is 103 Å². The van der Waals surface area contributed by atoms with Gasteiger partial charge in [-0.1, -0.05) is 5.21 Å². The quantitative estimate of drug-likeness (QED) is 0.685. The molecule has 0 saturated heterocycles. The Bertz CT molecular complexity index is 400. The number of imide groups is 1. The number of rotatable bonds is 4. The van der Waals surface area contributed by atoms with Crippen molar-refractivity contribution in [1.29, 1.82) is 0 Å². The lowest BCUT2D eigenvalue weighted by atomic mass is 10.5. The predicted molar refractivity (Wildman–Crippen MR) is 50.6 cm³/mol. The van der Waals surface area contributed by atoms with Crippen LogP contribution in [0.5, 0.6) is 0 Å². The van der Waals surface area contributed by atoms with Crippen molar-refractivity contribution in [1.82, 2.24) is 20.3 Å². The minimum atomic E-state index is -0.816. The van der Waals surface area contributed by atoms with E-state index >= 15 is 0 Å². The molecular weight excluding hydrogens is 216 g/mol. The van der Waals surface area contributed by atoms with Crippen LogP contribution in [-0.2, 0) is 16.1 Å². The first-order valence-corrected chi connectivity index (χ1v) is 4.47. The van der Waals surface area contributed by atoms with Gasteiger partial charge in [-0.2, -0.15) is 0 Å². The van der Waals surface area contributed by atoms with E-state index in [9.17, 15) is 14.4 Å². The van der Waals surface area contributed by atoms with Gasteiger partial charge < -0.3 is 4.74 Å². The molecule has 0 bridgehead atoms. The number of hydrogen-bond acceptors (Lipinski definition) is 6. The number of aldehydes is 1. The summed E-state index contributed by atoms with van der Waals surface area (Å²) in [5, 5.41) is 8.93. The second kappa shape index (κ2) is 5.59. The molecule has 2 amide bonds. The van der Waals surface area contributed by atoms with E-state index in [0.29, 0.717) is 6.29 Å². The van der Waals surface area contributed by atoms with Gasteiger partial charge in [0, 0.05) is 0 Å². The second-order valence-electron chi connectivity index (χ2n) is 2.73. The smallest absolute Gasteiger partial charge is 0.413 e. The van der Waals surface area contributed by atoms with Crippen LogP contribution in [0.3, 0.4) is 0 Å². The summed E-state index contributed by atoms with van der Waals surface area (Å²) < 4.78 is 5.64. The van der Waals surface area contributed by atoms with E-state index in [-0.39, 0.29) is 18.8 Å². The molecule has 1 rings (SSSR count). The van der Waals surface area contributed by atoms with Crippen molar-refractivity contribution >= 4 is 18.3 Å². The summed E-state index contributed by atoms with van der Waals surface area (Å²) in [6.45, 7) is 1.59. The molecule has 0 aliphatic carbocycles. The standard InChI is InChI=1S/C8H10N4O4/c1-2-16-8(15)9-7(14)4-12-3-6(5-13)10-11-12/h3,5H,2,4H2,1H3,(H,9,14,15). The second-order valence-corrected chi connectivity index (χ2v) is 2.73. The van der Waals surface area contributed by atoms with E-state index in [2.05, 4.69) is 15.0 Å². The molecule has 0 spiro atoms. The largest absolute Gasteiger partial charge is 0.450 e. The molecule has 0 radical (unpaired) electrons. The molecule has 8 nitrogen and oxygen atoms in total. The van der Waals surface area contributed by atoms with Crippen molar-refractivity contribution in [2.75, 3.05) is 6.61 Å². The summed E-state index contributed by atoms with van der Waals surface area (Å²) in [6.07, 6.45) is 0.980. The molecule has 1 N–H and O–H groups in total. The number of hydrogen-bond donors (Lipinski definition) is 1. The average molecular weight is 226 g/mol. The van der Waals surface area contributed by atoms with Crippen LogP contribution in [0.2, 0.25) is 0 Å². The SMILES string of the molecule is CCOC(=O)NC(=O)Cn1cc(C=O)nn1. The molecule has 0 aromatic carbocycles. The van der Waals surface area contributed by atoms with Gasteiger partial charge >= 0.3 is 6.09 Å². The van der Waals surface area contributed by atoms with Crippen LogP contribution < -0.4 is 5.32 Å². The third kappa shape index (κ3) is 3.48. The summed E-state index contributed by atoms with van der Waals surface area (Å²) in [5.41, 5.74) is 0.115. The van der Waals surface area contributed by atoms with Crippen LogP contribution >= 0.6 is 0 Å². The number of aromatic nitrogens is 3. The third-order valence-electron chi connectivity index (χ3n) is 1.50. The predicted octanol–water partition coefficient (Wildman–Crippen LogP) is -0.637. The average Bonchev–Trinajstić information content (AvgIpc) is 2.65. The Morgan fingerprint density at radius 2 is 2.38 bits per heavy atom. The van der Waals surface area contributed by atoms with E-state index < -0.39 is 12.0 Å². The maximum Gasteiger partial charge on any atom is 0.413 e. The zero-order chi connectivity index (χ0) is 12.0.